The van der Waals surface area contributed by atoms with Crippen LogP contribution in [0.4, 0.5) is 0 Å². The van der Waals surface area contributed by atoms with E-state index in [1.165, 1.54) is 26.2 Å². The number of fused-ring (bicyclic) bond motifs is 1. The maximum atomic E-state index is 12.8. The van der Waals surface area contributed by atoms with Crippen LogP contribution in [0.25, 0.3) is 0 Å². The molecule has 3 rings (SSSR count). The number of ether oxygens (including phenoxy) is 2. The number of aromatic hydroxyl groups is 1. The number of aromatic amines is 2. The third-order valence-corrected chi connectivity index (χ3v) is 4.91. The number of H-pyrrole nitrogens is 2. The molecule has 0 saturated carbocycles. The second kappa shape index (κ2) is 6.96. The molecule has 0 fully saturated rings. The van der Waals surface area contributed by atoms with Gasteiger partial charge in [0, 0.05) is 23.6 Å². The number of phenolic OH excluding ortho intramolecular Hbond substituents is 1. The molecule has 3 atom stereocenters. The Morgan fingerprint density at radius 2 is 2.19 bits per heavy atom. The maximum absolute atomic E-state index is 12.8. The van der Waals surface area contributed by atoms with Gasteiger partial charge >= 0.3 is 5.97 Å². The Bertz CT molecular complexity index is 927. The molecule has 0 aliphatic heterocycles. The van der Waals surface area contributed by atoms with Gasteiger partial charge < -0.3 is 24.8 Å². The Labute approximate surface area is 155 Å². The molecule has 1 aliphatic carbocycles. The number of rotatable bonds is 5. The van der Waals surface area contributed by atoms with Crippen molar-refractivity contribution in [2.24, 2.45) is 5.92 Å². The predicted molar refractivity (Wildman–Crippen MR) is 96.9 cm³/mol. The number of phenols is 1. The molecule has 1 aromatic heterocycles. The van der Waals surface area contributed by atoms with E-state index in [1.807, 2.05) is 0 Å². The lowest BCUT2D eigenvalue weighted by Crippen LogP contribution is -2.50. The van der Waals surface area contributed by atoms with Crippen LogP contribution in [0, 0.1) is 5.92 Å². The first-order valence-corrected chi connectivity index (χ1v) is 8.46. The molecule has 8 heteroatoms. The van der Waals surface area contributed by atoms with Crippen LogP contribution in [0.5, 0.6) is 11.5 Å². The van der Waals surface area contributed by atoms with Crippen molar-refractivity contribution in [2.45, 2.75) is 24.9 Å². The normalized spacial score (nSPS) is 24.1. The van der Waals surface area contributed by atoms with E-state index in [9.17, 15) is 19.8 Å². The monoisotopic (exact) mass is 374 g/mol. The summed E-state index contributed by atoms with van der Waals surface area (Å²) in [5.74, 6) is -2.33. The first kappa shape index (κ1) is 18.8. The molecule has 1 heterocycles. The molecule has 0 unspecified atom stereocenters. The van der Waals surface area contributed by atoms with Crippen LogP contribution in [0.3, 0.4) is 0 Å². The van der Waals surface area contributed by atoms with Crippen molar-refractivity contribution >= 4 is 5.97 Å². The van der Waals surface area contributed by atoms with Crippen molar-refractivity contribution in [2.75, 3.05) is 13.7 Å². The predicted octanol–water partition coefficient (Wildman–Crippen LogP) is 1.20. The van der Waals surface area contributed by atoms with E-state index in [4.69, 9.17) is 9.47 Å². The van der Waals surface area contributed by atoms with Gasteiger partial charge in [-0.2, -0.15) is 0 Å². The van der Waals surface area contributed by atoms with E-state index >= 15 is 0 Å². The fourth-order valence-electron chi connectivity index (χ4n) is 3.73. The summed E-state index contributed by atoms with van der Waals surface area (Å²) in [5.41, 5.74) is -0.424. The summed E-state index contributed by atoms with van der Waals surface area (Å²) in [7, 11) is 1.40. The van der Waals surface area contributed by atoms with Crippen molar-refractivity contribution < 1.29 is 24.5 Å². The fraction of sp³-hybridized carbons (Fsp3) is 0.368. The average molecular weight is 374 g/mol. The third kappa shape index (κ3) is 3.23. The largest absolute Gasteiger partial charge is 0.504 e. The number of esters is 1. The number of carbonyl (C=O) groups is 1. The summed E-state index contributed by atoms with van der Waals surface area (Å²) in [6, 6.07) is 4.56. The van der Waals surface area contributed by atoms with E-state index in [-0.39, 0.29) is 30.1 Å². The summed E-state index contributed by atoms with van der Waals surface area (Å²) >= 11 is 0. The zero-order valence-electron chi connectivity index (χ0n) is 15.1. The number of carbonyl (C=O) groups excluding carboxylic acids is 1. The van der Waals surface area contributed by atoms with Crippen molar-refractivity contribution in [3.8, 4) is 11.5 Å². The smallest absolute Gasteiger partial charge is 0.313 e. The Hall–Kier alpha value is -3.00. The number of methoxy groups -OCH3 is 1. The van der Waals surface area contributed by atoms with E-state index in [1.54, 1.807) is 12.1 Å². The van der Waals surface area contributed by atoms with Crippen LogP contribution >= 0.6 is 0 Å². The average Bonchev–Trinajstić information content (AvgIpc) is 2.98. The lowest BCUT2D eigenvalue weighted by atomic mass is 9.66. The zero-order valence-corrected chi connectivity index (χ0v) is 15.1. The van der Waals surface area contributed by atoms with Gasteiger partial charge in [0.15, 0.2) is 11.5 Å². The molecule has 144 valence electrons. The van der Waals surface area contributed by atoms with Crippen molar-refractivity contribution in [1.29, 1.82) is 0 Å². The standard InChI is InChI=1S/C19H22N2O6/c1-4-7-27-18(24)16-14(10-5-6-12(22)13(8-10)26-3)15-11(9-19(16,2)25)20-21-17(15)23/h4-6,8,14,16,22,25H,1,7,9H2,2-3H3,(H2,20,21,23)/t14-,16-,19-/m1/s1. The van der Waals surface area contributed by atoms with Gasteiger partial charge in [-0.25, -0.2) is 0 Å². The van der Waals surface area contributed by atoms with E-state index in [0.717, 1.165) is 0 Å². The minimum atomic E-state index is -1.47. The molecule has 27 heavy (non-hydrogen) atoms. The number of aromatic nitrogens is 2. The van der Waals surface area contributed by atoms with Gasteiger partial charge in [0.1, 0.15) is 6.61 Å². The summed E-state index contributed by atoms with van der Waals surface area (Å²) in [4.78, 5) is 25.2. The van der Waals surface area contributed by atoms with E-state index in [0.29, 0.717) is 16.8 Å². The highest BCUT2D eigenvalue weighted by molar-refractivity contribution is 5.77. The molecular weight excluding hydrogens is 352 g/mol. The minimum absolute atomic E-state index is 0.00656. The van der Waals surface area contributed by atoms with Crippen LogP contribution in [-0.2, 0) is 16.0 Å². The van der Waals surface area contributed by atoms with Crippen LogP contribution in [0.1, 0.15) is 29.7 Å². The number of aliphatic hydroxyl groups is 1. The molecule has 0 radical (unpaired) electrons. The van der Waals surface area contributed by atoms with Crippen LogP contribution < -0.4 is 10.3 Å². The van der Waals surface area contributed by atoms with Crippen LogP contribution in [-0.4, -0.2) is 45.7 Å². The zero-order chi connectivity index (χ0) is 19.8. The van der Waals surface area contributed by atoms with Gasteiger partial charge in [0.25, 0.3) is 5.56 Å². The van der Waals surface area contributed by atoms with Gasteiger partial charge in [-0.1, -0.05) is 18.7 Å². The number of nitrogens with one attached hydrogen (secondary N) is 2. The van der Waals surface area contributed by atoms with Crippen molar-refractivity contribution in [1.82, 2.24) is 10.2 Å². The lowest BCUT2D eigenvalue weighted by Gasteiger charge is -2.40. The van der Waals surface area contributed by atoms with E-state index in [2.05, 4.69) is 16.8 Å². The first-order chi connectivity index (χ1) is 12.8. The summed E-state index contributed by atoms with van der Waals surface area (Å²) in [5, 5.41) is 26.2. The van der Waals surface area contributed by atoms with Gasteiger partial charge in [-0.05, 0) is 24.6 Å². The van der Waals surface area contributed by atoms with Crippen LogP contribution in [0.2, 0.25) is 0 Å². The number of hydrogen-bond acceptors (Lipinski definition) is 6. The summed E-state index contributed by atoms with van der Waals surface area (Å²) in [6.45, 7) is 5.05. The minimum Gasteiger partial charge on any atom is -0.504 e. The van der Waals surface area contributed by atoms with Crippen LogP contribution in [0.15, 0.2) is 35.6 Å². The molecule has 1 aromatic carbocycles. The molecule has 0 spiro atoms. The highest BCUT2D eigenvalue weighted by Crippen LogP contribution is 2.45. The summed E-state index contributed by atoms with van der Waals surface area (Å²) < 4.78 is 10.4. The topological polar surface area (TPSA) is 125 Å². The maximum Gasteiger partial charge on any atom is 0.313 e. The fourth-order valence-corrected chi connectivity index (χ4v) is 3.73. The van der Waals surface area contributed by atoms with E-state index < -0.39 is 23.4 Å². The SMILES string of the molecule is C=CCOC(=O)[C@H]1[C@H](c2ccc(O)c(OC)c2)c2c([nH][nH]c2=O)C[C@@]1(C)O. The molecule has 4 N–H and O–H groups in total. The quantitative estimate of drug-likeness (QED) is 0.460. The molecule has 0 bridgehead atoms. The Morgan fingerprint density at radius 1 is 1.44 bits per heavy atom. The number of hydrogen-bond donors (Lipinski definition) is 4. The number of benzene rings is 1. The molecule has 1 aliphatic rings. The third-order valence-electron chi connectivity index (χ3n) is 4.91. The Morgan fingerprint density at radius 3 is 2.85 bits per heavy atom. The van der Waals surface area contributed by atoms with Gasteiger partial charge in [0.05, 0.1) is 18.6 Å². The summed E-state index contributed by atoms with van der Waals surface area (Å²) in [6.07, 6.45) is 1.52. The Balaban J connectivity index is 2.20. The second-order valence-corrected chi connectivity index (χ2v) is 6.81. The van der Waals surface area contributed by atoms with Gasteiger partial charge in [-0.3, -0.25) is 14.7 Å². The van der Waals surface area contributed by atoms with Gasteiger partial charge in [0.2, 0.25) is 0 Å². The van der Waals surface area contributed by atoms with Crippen molar-refractivity contribution in [3.63, 3.8) is 0 Å². The van der Waals surface area contributed by atoms with Crippen molar-refractivity contribution in [3.05, 3.63) is 58.0 Å². The van der Waals surface area contributed by atoms with Gasteiger partial charge in [-0.15, -0.1) is 0 Å². The molecule has 0 saturated heterocycles. The lowest BCUT2D eigenvalue weighted by molar-refractivity contribution is -0.158. The second-order valence-electron chi connectivity index (χ2n) is 6.81. The highest BCUT2D eigenvalue weighted by atomic mass is 16.5. The first-order valence-electron chi connectivity index (χ1n) is 8.46. The molecule has 2 aromatic rings. The highest BCUT2D eigenvalue weighted by Gasteiger charge is 2.51. The molecular formula is C19H22N2O6. The Kier molecular flexibility index (Phi) is 4.84. The molecule has 0 amide bonds. The molecule has 8 nitrogen and oxygen atoms in total.